The predicted molar refractivity (Wildman–Crippen MR) is 89.2 cm³/mol. The maximum absolute atomic E-state index is 12.2. The summed E-state index contributed by atoms with van der Waals surface area (Å²) in [6.45, 7) is 0.653. The Hall–Kier alpha value is -1.66. The summed E-state index contributed by atoms with van der Waals surface area (Å²) < 4.78 is 4.74. The molecule has 0 spiro atoms. The van der Waals surface area contributed by atoms with E-state index in [9.17, 15) is 14.7 Å². The summed E-state index contributed by atoms with van der Waals surface area (Å²) in [6, 6.07) is 5.10. The molecule has 0 bridgehead atoms. The molecule has 1 rings (SSSR count). The molecule has 1 aromatic carbocycles. The zero-order valence-corrected chi connectivity index (χ0v) is 14.3. The first-order valence-electron chi connectivity index (χ1n) is 7.05. The molecule has 23 heavy (non-hydrogen) atoms. The van der Waals surface area contributed by atoms with Crippen LogP contribution in [0, 0.1) is 0 Å². The fourth-order valence-electron chi connectivity index (χ4n) is 1.96. The number of benzene rings is 1. The Kier molecular flexibility index (Phi) is 8.58. The molecule has 1 aromatic rings. The standard InChI is InChI=1S/C15H20Cl2N2O4/c1-23-14(21)13(10-11-2-4-12(20)5-3-11)18-15(22)19(8-6-16)9-7-17/h2-5,13,20H,6-10H2,1H3,(H,18,22). The number of alkyl halides is 2. The van der Waals surface area contributed by atoms with Crippen LogP contribution in [0.1, 0.15) is 5.56 Å². The van der Waals surface area contributed by atoms with Gasteiger partial charge >= 0.3 is 12.0 Å². The number of nitrogens with zero attached hydrogens (tertiary/aromatic N) is 1. The number of halogens is 2. The first-order chi connectivity index (χ1) is 11.0. The molecule has 0 heterocycles. The van der Waals surface area contributed by atoms with Crippen LogP contribution in [-0.2, 0) is 16.0 Å². The minimum Gasteiger partial charge on any atom is -0.508 e. The topological polar surface area (TPSA) is 78.9 Å². The lowest BCUT2D eigenvalue weighted by atomic mass is 10.1. The number of nitrogens with one attached hydrogen (secondary N) is 1. The highest BCUT2D eigenvalue weighted by Gasteiger charge is 2.24. The highest BCUT2D eigenvalue weighted by atomic mass is 35.5. The summed E-state index contributed by atoms with van der Waals surface area (Å²) >= 11 is 11.3. The van der Waals surface area contributed by atoms with Gasteiger partial charge in [-0.3, -0.25) is 0 Å². The van der Waals surface area contributed by atoms with Gasteiger partial charge in [-0.2, -0.15) is 0 Å². The Morgan fingerprint density at radius 1 is 1.22 bits per heavy atom. The van der Waals surface area contributed by atoms with Crippen LogP contribution < -0.4 is 5.32 Å². The van der Waals surface area contributed by atoms with Crippen molar-refractivity contribution >= 4 is 35.2 Å². The van der Waals surface area contributed by atoms with Crippen LogP contribution >= 0.6 is 23.2 Å². The number of esters is 1. The Labute approximate surface area is 145 Å². The lowest BCUT2D eigenvalue weighted by molar-refractivity contribution is -0.142. The molecule has 0 fully saturated rings. The van der Waals surface area contributed by atoms with Crippen molar-refractivity contribution in [3.63, 3.8) is 0 Å². The van der Waals surface area contributed by atoms with E-state index in [0.29, 0.717) is 13.1 Å². The van der Waals surface area contributed by atoms with Crippen LogP contribution in [0.5, 0.6) is 5.75 Å². The van der Waals surface area contributed by atoms with E-state index < -0.39 is 18.0 Å². The largest absolute Gasteiger partial charge is 0.508 e. The molecule has 2 N–H and O–H groups in total. The fraction of sp³-hybridized carbons (Fsp3) is 0.467. The second-order valence-corrected chi connectivity index (χ2v) is 5.52. The van der Waals surface area contributed by atoms with Gasteiger partial charge in [0, 0.05) is 31.3 Å². The molecule has 8 heteroatoms. The van der Waals surface area contributed by atoms with Gasteiger partial charge in [0.05, 0.1) is 7.11 Å². The van der Waals surface area contributed by atoms with E-state index in [1.165, 1.54) is 24.1 Å². The van der Waals surface area contributed by atoms with Crippen LogP contribution in [0.4, 0.5) is 4.79 Å². The van der Waals surface area contributed by atoms with Gasteiger partial charge < -0.3 is 20.1 Å². The third kappa shape index (κ3) is 6.54. The van der Waals surface area contributed by atoms with Crippen LogP contribution in [0.25, 0.3) is 0 Å². The molecule has 0 aliphatic heterocycles. The van der Waals surface area contributed by atoms with Crippen molar-refractivity contribution in [2.45, 2.75) is 12.5 Å². The minimum atomic E-state index is -0.842. The highest BCUT2D eigenvalue weighted by Crippen LogP contribution is 2.12. The second-order valence-electron chi connectivity index (χ2n) is 4.76. The van der Waals surface area contributed by atoms with E-state index in [1.54, 1.807) is 12.1 Å². The number of ether oxygens (including phenoxy) is 1. The van der Waals surface area contributed by atoms with E-state index in [2.05, 4.69) is 5.32 Å². The summed E-state index contributed by atoms with van der Waals surface area (Å²) in [7, 11) is 1.26. The maximum atomic E-state index is 12.2. The van der Waals surface area contributed by atoms with Gasteiger partial charge in [0.15, 0.2) is 0 Å². The molecule has 0 saturated heterocycles. The lowest BCUT2D eigenvalue weighted by Gasteiger charge is -2.24. The zero-order chi connectivity index (χ0) is 17.2. The average Bonchev–Trinajstić information content (AvgIpc) is 2.55. The number of amides is 2. The Morgan fingerprint density at radius 3 is 2.26 bits per heavy atom. The van der Waals surface area contributed by atoms with Gasteiger partial charge in [-0.25, -0.2) is 9.59 Å². The third-order valence-electron chi connectivity index (χ3n) is 3.16. The Morgan fingerprint density at radius 2 is 1.78 bits per heavy atom. The summed E-state index contributed by atoms with van der Waals surface area (Å²) in [5.74, 6) is 0.113. The summed E-state index contributed by atoms with van der Waals surface area (Å²) in [5, 5.41) is 11.9. The van der Waals surface area contributed by atoms with Gasteiger partial charge in [-0.05, 0) is 17.7 Å². The number of urea groups is 1. The van der Waals surface area contributed by atoms with E-state index >= 15 is 0 Å². The van der Waals surface area contributed by atoms with Gasteiger partial charge in [0.25, 0.3) is 0 Å². The molecular formula is C15H20Cl2N2O4. The quantitative estimate of drug-likeness (QED) is 0.547. The van der Waals surface area contributed by atoms with E-state index in [1.807, 2.05) is 0 Å². The van der Waals surface area contributed by atoms with Crippen molar-refractivity contribution in [3.8, 4) is 5.75 Å². The smallest absolute Gasteiger partial charge is 0.328 e. The zero-order valence-electron chi connectivity index (χ0n) is 12.8. The number of methoxy groups -OCH3 is 1. The van der Waals surface area contributed by atoms with Crippen LogP contribution in [0.15, 0.2) is 24.3 Å². The molecular weight excluding hydrogens is 343 g/mol. The molecule has 0 aliphatic rings. The van der Waals surface area contributed by atoms with E-state index in [0.717, 1.165) is 5.56 Å². The van der Waals surface area contributed by atoms with Crippen molar-refractivity contribution in [3.05, 3.63) is 29.8 Å². The highest BCUT2D eigenvalue weighted by molar-refractivity contribution is 6.18. The molecule has 0 radical (unpaired) electrons. The van der Waals surface area contributed by atoms with E-state index in [4.69, 9.17) is 27.9 Å². The second kappa shape index (κ2) is 10.2. The number of hydrogen-bond donors (Lipinski definition) is 2. The van der Waals surface area contributed by atoms with Gasteiger partial charge in [-0.1, -0.05) is 12.1 Å². The molecule has 0 aromatic heterocycles. The number of carbonyl (C=O) groups excluding carboxylic acids is 2. The Bertz CT molecular complexity index is 505. The van der Waals surface area contributed by atoms with Gasteiger partial charge in [0.2, 0.25) is 0 Å². The fourth-order valence-corrected chi connectivity index (χ4v) is 2.37. The third-order valence-corrected chi connectivity index (χ3v) is 3.49. The van der Waals surface area contributed by atoms with Crippen molar-refractivity contribution in [2.75, 3.05) is 32.0 Å². The number of phenols is 1. The van der Waals surface area contributed by atoms with Gasteiger partial charge in [0.1, 0.15) is 11.8 Å². The van der Waals surface area contributed by atoms with Crippen molar-refractivity contribution in [1.82, 2.24) is 10.2 Å². The summed E-state index contributed by atoms with van der Waals surface area (Å²) in [4.78, 5) is 25.6. The molecule has 1 unspecified atom stereocenters. The van der Waals surface area contributed by atoms with E-state index in [-0.39, 0.29) is 23.9 Å². The Balaban J connectivity index is 2.79. The molecule has 1 atom stereocenters. The minimum absolute atomic E-state index is 0.128. The first-order valence-corrected chi connectivity index (χ1v) is 8.11. The van der Waals surface area contributed by atoms with Crippen LogP contribution in [0.3, 0.4) is 0 Å². The molecule has 0 aliphatic carbocycles. The average molecular weight is 363 g/mol. The first kappa shape index (κ1) is 19.4. The molecule has 2 amide bonds. The summed E-state index contributed by atoms with van der Waals surface area (Å²) in [5.41, 5.74) is 0.778. The number of carbonyl (C=O) groups is 2. The molecule has 0 saturated carbocycles. The molecule has 6 nitrogen and oxygen atoms in total. The monoisotopic (exact) mass is 362 g/mol. The predicted octanol–water partition coefficient (Wildman–Crippen LogP) is 1.97. The maximum Gasteiger partial charge on any atom is 0.328 e. The van der Waals surface area contributed by atoms with Crippen LogP contribution in [-0.4, -0.2) is 60.0 Å². The SMILES string of the molecule is COC(=O)C(Cc1ccc(O)cc1)NC(=O)N(CCCl)CCCl. The van der Waals surface area contributed by atoms with Crippen molar-refractivity contribution in [2.24, 2.45) is 0 Å². The summed E-state index contributed by atoms with van der Waals surface area (Å²) in [6.07, 6.45) is 0.244. The number of phenolic OH excluding ortho intramolecular Hbond substituents is 1. The van der Waals surface area contributed by atoms with Crippen molar-refractivity contribution < 1.29 is 19.4 Å². The normalized spacial score (nSPS) is 11.6. The van der Waals surface area contributed by atoms with Crippen LogP contribution in [0.2, 0.25) is 0 Å². The van der Waals surface area contributed by atoms with Crippen molar-refractivity contribution in [1.29, 1.82) is 0 Å². The molecule has 128 valence electrons. The van der Waals surface area contributed by atoms with Gasteiger partial charge in [-0.15, -0.1) is 23.2 Å². The number of aromatic hydroxyl groups is 1. The lowest BCUT2D eigenvalue weighted by Crippen LogP contribution is -2.50. The number of rotatable bonds is 8. The number of hydrogen-bond acceptors (Lipinski definition) is 4.